The summed E-state index contributed by atoms with van der Waals surface area (Å²) in [5, 5.41) is 8.57. The van der Waals surface area contributed by atoms with Crippen LogP contribution in [0.15, 0.2) is 18.2 Å². The van der Waals surface area contributed by atoms with E-state index in [0.717, 1.165) is 12.1 Å². The van der Waals surface area contributed by atoms with Crippen LogP contribution in [-0.4, -0.2) is 37.2 Å². The highest BCUT2D eigenvalue weighted by Gasteiger charge is 2.29. The first-order valence-electron chi connectivity index (χ1n) is 7.65. The van der Waals surface area contributed by atoms with E-state index < -0.39 is 0 Å². The fraction of sp³-hybridized carbons (Fsp3) is 0.625. The molecule has 0 aromatic heterocycles. The topological polar surface area (TPSA) is 27.3 Å². The predicted molar refractivity (Wildman–Crippen MR) is 92.4 cm³/mol. The second-order valence-corrected chi connectivity index (χ2v) is 6.79. The fourth-order valence-electron chi connectivity index (χ4n) is 3.01. The molecule has 1 aromatic rings. The molecule has 0 radical (unpaired) electrons. The largest absolute Gasteiger partial charge is 0.381 e. The smallest absolute Gasteiger partial charge is 0.0612 e. The molecular formula is C16H25Cl2N3. The average Bonchev–Trinajstić information content (AvgIpc) is 2.87. The molecule has 1 aromatic carbocycles. The standard InChI is InChI=1S/C16H25Cl2N3/c1-4-16(21(2)3)20-15-7-5-6-14(15)19-11-8-9-12(17)13(18)10-11/h8-10,14-16,19-20H,4-7H2,1-3H3. The van der Waals surface area contributed by atoms with Crippen LogP contribution in [0.4, 0.5) is 5.69 Å². The molecule has 2 rings (SSSR count). The number of anilines is 1. The van der Waals surface area contributed by atoms with Gasteiger partial charge in [-0.05, 0) is 58.0 Å². The van der Waals surface area contributed by atoms with Crippen molar-refractivity contribution in [3.8, 4) is 0 Å². The summed E-state index contributed by atoms with van der Waals surface area (Å²) >= 11 is 12.1. The molecule has 2 N–H and O–H groups in total. The summed E-state index contributed by atoms with van der Waals surface area (Å²) in [6.45, 7) is 2.22. The first-order chi connectivity index (χ1) is 10.0. The summed E-state index contributed by atoms with van der Waals surface area (Å²) in [6, 6.07) is 6.68. The molecule has 3 nitrogen and oxygen atoms in total. The number of hydrogen-bond donors (Lipinski definition) is 2. The highest BCUT2D eigenvalue weighted by molar-refractivity contribution is 6.42. The van der Waals surface area contributed by atoms with Gasteiger partial charge in [-0.25, -0.2) is 0 Å². The first-order valence-corrected chi connectivity index (χ1v) is 8.41. The SMILES string of the molecule is CCC(NC1CCCC1Nc1ccc(Cl)c(Cl)c1)N(C)C. The average molecular weight is 330 g/mol. The van der Waals surface area contributed by atoms with Gasteiger partial charge in [0.25, 0.3) is 0 Å². The van der Waals surface area contributed by atoms with Gasteiger partial charge in [-0.15, -0.1) is 0 Å². The number of nitrogens with one attached hydrogen (secondary N) is 2. The van der Waals surface area contributed by atoms with Gasteiger partial charge in [-0.2, -0.15) is 0 Å². The Balaban J connectivity index is 1.99. The van der Waals surface area contributed by atoms with Crippen LogP contribution in [0.25, 0.3) is 0 Å². The number of halogens is 2. The lowest BCUT2D eigenvalue weighted by Gasteiger charge is -2.31. The van der Waals surface area contributed by atoms with E-state index in [1.165, 1.54) is 19.3 Å². The van der Waals surface area contributed by atoms with Crippen LogP contribution in [0.1, 0.15) is 32.6 Å². The molecule has 118 valence electrons. The lowest BCUT2D eigenvalue weighted by Crippen LogP contribution is -2.50. The van der Waals surface area contributed by atoms with Gasteiger partial charge in [0.1, 0.15) is 0 Å². The van der Waals surface area contributed by atoms with Gasteiger partial charge in [-0.3, -0.25) is 10.2 Å². The molecule has 0 heterocycles. The van der Waals surface area contributed by atoms with Crippen LogP contribution in [-0.2, 0) is 0 Å². The molecule has 3 unspecified atom stereocenters. The second-order valence-electron chi connectivity index (χ2n) is 5.97. The van der Waals surface area contributed by atoms with Gasteiger partial charge in [0, 0.05) is 17.8 Å². The van der Waals surface area contributed by atoms with Crippen molar-refractivity contribution in [2.45, 2.75) is 50.9 Å². The lowest BCUT2D eigenvalue weighted by atomic mass is 10.1. The summed E-state index contributed by atoms with van der Waals surface area (Å²) in [5.41, 5.74) is 1.04. The Morgan fingerprint density at radius 3 is 2.52 bits per heavy atom. The van der Waals surface area contributed by atoms with E-state index in [1.807, 2.05) is 18.2 Å². The molecule has 1 fully saturated rings. The third-order valence-corrected chi connectivity index (χ3v) is 4.94. The molecule has 1 saturated carbocycles. The van der Waals surface area contributed by atoms with Crippen molar-refractivity contribution in [2.24, 2.45) is 0 Å². The summed E-state index contributed by atoms with van der Waals surface area (Å²) in [7, 11) is 4.25. The van der Waals surface area contributed by atoms with Gasteiger partial charge in [0.05, 0.1) is 16.2 Å². The Bertz CT molecular complexity index is 465. The second kappa shape index (κ2) is 7.68. The maximum absolute atomic E-state index is 6.09. The van der Waals surface area contributed by atoms with Gasteiger partial charge in [-0.1, -0.05) is 30.1 Å². The minimum absolute atomic E-state index is 0.422. The summed E-state index contributed by atoms with van der Waals surface area (Å²) in [6.07, 6.45) is 5.17. The molecule has 3 atom stereocenters. The Morgan fingerprint density at radius 2 is 1.90 bits per heavy atom. The third-order valence-electron chi connectivity index (χ3n) is 4.20. The van der Waals surface area contributed by atoms with Crippen molar-refractivity contribution in [3.05, 3.63) is 28.2 Å². The Morgan fingerprint density at radius 1 is 1.19 bits per heavy atom. The molecule has 5 heteroatoms. The molecule has 0 spiro atoms. The molecule has 0 aliphatic heterocycles. The fourth-order valence-corrected chi connectivity index (χ4v) is 3.31. The Hall–Kier alpha value is -0.480. The van der Waals surface area contributed by atoms with Crippen LogP contribution in [0, 0.1) is 0 Å². The van der Waals surface area contributed by atoms with E-state index in [-0.39, 0.29) is 0 Å². The number of hydrogen-bond acceptors (Lipinski definition) is 3. The maximum Gasteiger partial charge on any atom is 0.0612 e. The number of benzene rings is 1. The minimum atomic E-state index is 0.422. The lowest BCUT2D eigenvalue weighted by molar-refractivity contribution is 0.215. The highest BCUT2D eigenvalue weighted by Crippen LogP contribution is 2.28. The molecule has 21 heavy (non-hydrogen) atoms. The van der Waals surface area contributed by atoms with Gasteiger partial charge in [0.2, 0.25) is 0 Å². The van der Waals surface area contributed by atoms with Crippen molar-refractivity contribution in [3.63, 3.8) is 0 Å². The van der Waals surface area contributed by atoms with Crippen LogP contribution in [0.2, 0.25) is 10.0 Å². The molecule has 1 aliphatic rings. The quantitative estimate of drug-likeness (QED) is 0.765. The molecule has 0 saturated heterocycles. The van der Waals surface area contributed by atoms with E-state index in [1.54, 1.807) is 0 Å². The van der Waals surface area contributed by atoms with Crippen LogP contribution in [0.3, 0.4) is 0 Å². The van der Waals surface area contributed by atoms with E-state index in [9.17, 15) is 0 Å². The van der Waals surface area contributed by atoms with Crippen molar-refractivity contribution in [1.82, 2.24) is 10.2 Å². The normalized spacial score (nSPS) is 23.5. The van der Waals surface area contributed by atoms with E-state index in [2.05, 4.69) is 36.6 Å². The monoisotopic (exact) mass is 329 g/mol. The van der Waals surface area contributed by atoms with Crippen molar-refractivity contribution >= 4 is 28.9 Å². The zero-order chi connectivity index (χ0) is 15.4. The van der Waals surface area contributed by atoms with Crippen molar-refractivity contribution in [2.75, 3.05) is 19.4 Å². The Labute approximate surface area is 138 Å². The van der Waals surface area contributed by atoms with E-state index >= 15 is 0 Å². The van der Waals surface area contributed by atoms with Gasteiger partial charge < -0.3 is 5.32 Å². The minimum Gasteiger partial charge on any atom is -0.381 e. The van der Waals surface area contributed by atoms with E-state index in [4.69, 9.17) is 23.2 Å². The molecule has 0 bridgehead atoms. The number of rotatable bonds is 6. The van der Waals surface area contributed by atoms with Crippen LogP contribution in [0.5, 0.6) is 0 Å². The van der Waals surface area contributed by atoms with E-state index in [0.29, 0.717) is 28.3 Å². The summed E-state index contributed by atoms with van der Waals surface area (Å²) in [5.74, 6) is 0. The third kappa shape index (κ3) is 4.49. The van der Waals surface area contributed by atoms with Crippen LogP contribution >= 0.6 is 23.2 Å². The van der Waals surface area contributed by atoms with Crippen molar-refractivity contribution < 1.29 is 0 Å². The van der Waals surface area contributed by atoms with Gasteiger partial charge >= 0.3 is 0 Å². The summed E-state index contributed by atoms with van der Waals surface area (Å²) < 4.78 is 0. The first kappa shape index (κ1) is 16.9. The zero-order valence-electron chi connectivity index (χ0n) is 13.0. The zero-order valence-corrected chi connectivity index (χ0v) is 14.5. The molecule has 0 amide bonds. The maximum atomic E-state index is 6.09. The van der Waals surface area contributed by atoms with Crippen molar-refractivity contribution in [1.29, 1.82) is 0 Å². The predicted octanol–water partition coefficient (Wildman–Crippen LogP) is 4.21. The highest BCUT2D eigenvalue weighted by atomic mass is 35.5. The van der Waals surface area contributed by atoms with Crippen LogP contribution < -0.4 is 10.6 Å². The molecular weight excluding hydrogens is 305 g/mol. The molecule has 1 aliphatic carbocycles. The number of nitrogens with zero attached hydrogens (tertiary/aromatic N) is 1. The van der Waals surface area contributed by atoms with Gasteiger partial charge in [0.15, 0.2) is 0 Å². The summed E-state index contributed by atoms with van der Waals surface area (Å²) in [4.78, 5) is 2.24. The Kier molecular flexibility index (Phi) is 6.18.